The molecule has 1 saturated heterocycles. The molecule has 1 aliphatic heterocycles. The highest BCUT2D eigenvalue weighted by Crippen LogP contribution is 2.27. The molecule has 1 rings (SSSR count). The summed E-state index contributed by atoms with van der Waals surface area (Å²) in [5.41, 5.74) is -1.17. The number of carbonyl (C=O) groups excluding carboxylic acids is 2. The first-order chi connectivity index (χ1) is 4.46. The van der Waals surface area contributed by atoms with Crippen LogP contribution in [0.1, 0.15) is 13.8 Å². The number of hydrogen-bond donors (Lipinski definition) is 1. The highest BCUT2D eigenvalue weighted by molar-refractivity contribution is 6.09. The van der Waals surface area contributed by atoms with Crippen LogP contribution in [0.3, 0.4) is 0 Å². The quantitative estimate of drug-likeness (QED) is 0.366. The Morgan fingerprint density at radius 2 is 2.00 bits per heavy atom. The number of aliphatic hydroxyl groups is 1. The zero-order valence-electron chi connectivity index (χ0n) is 5.75. The van der Waals surface area contributed by atoms with Crippen molar-refractivity contribution in [3.63, 3.8) is 0 Å². The molecule has 0 aliphatic carbocycles. The van der Waals surface area contributed by atoms with Crippen molar-refractivity contribution < 1.29 is 19.4 Å². The van der Waals surface area contributed by atoms with Crippen molar-refractivity contribution in [3.05, 3.63) is 0 Å². The smallest absolute Gasteiger partial charge is 0.321 e. The van der Waals surface area contributed by atoms with E-state index in [4.69, 9.17) is 5.11 Å². The third kappa shape index (κ3) is 0.724. The SMILES string of the molecule is CC1(C)C(=O)OC(O)C1=O. The third-order valence-electron chi connectivity index (χ3n) is 1.57. The molecule has 0 bridgehead atoms. The molecule has 4 heteroatoms. The van der Waals surface area contributed by atoms with Gasteiger partial charge in [-0.3, -0.25) is 9.59 Å². The highest BCUT2D eigenvalue weighted by atomic mass is 16.6. The Kier molecular flexibility index (Phi) is 1.29. The van der Waals surface area contributed by atoms with E-state index < -0.39 is 23.5 Å². The van der Waals surface area contributed by atoms with Gasteiger partial charge in [-0.05, 0) is 13.8 Å². The molecule has 10 heavy (non-hydrogen) atoms. The summed E-state index contributed by atoms with van der Waals surface area (Å²) in [6.45, 7) is 2.85. The molecule has 4 nitrogen and oxygen atoms in total. The number of Topliss-reactive ketones (excluding diaryl/α,β-unsaturated/α-hetero) is 1. The average Bonchev–Trinajstić information content (AvgIpc) is 1.97. The molecule has 0 aromatic carbocycles. The normalized spacial score (nSPS) is 30.5. The Labute approximate surface area is 57.8 Å². The monoisotopic (exact) mass is 144 g/mol. The first kappa shape index (κ1) is 7.21. The van der Waals surface area contributed by atoms with Crippen LogP contribution in [-0.2, 0) is 14.3 Å². The summed E-state index contributed by atoms with van der Waals surface area (Å²) in [5, 5.41) is 8.71. The minimum atomic E-state index is -1.55. The molecule has 0 aromatic rings. The summed E-state index contributed by atoms with van der Waals surface area (Å²) < 4.78 is 4.26. The van der Waals surface area contributed by atoms with Gasteiger partial charge in [-0.15, -0.1) is 0 Å². The van der Waals surface area contributed by atoms with E-state index in [1.807, 2.05) is 0 Å². The van der Waals surface area contributed by atoms with Crippen LogP contribution in [0.5, 0.6) is 0 Å². The van der Waals surface area contributed by atoms with Gasteiger partial charge in [-0.25, -0.2) is 0 Å². The molecule has 1 atom stereocenters. The van der Waals surface area contributed by atoms with Crippen molar-refractivity contribution in [2.75, 3.05) is 0 Å². The molecule has 0 spiro atoms. The minimum Gasteiger partial charge on any atom is -0.427 e. The van der Waals surface area contributed by atoms with Crippen molar-refractivity contribution in [1.29, 1.82) is 0 Å². The number of aliphatic hydroxyl groups excluding tert-OH is 1. The molecule has 1 unspecified atom stereocenters. The Morgan fingerprint density at radius 3 is 2.10 bits per heavy atom. The topological polar surface area (TPSA) is 63.6 Å². The molecular formula is C6H8O4. The molecule has 1 heterocycles. The molecular weight excluding hydrogens is 136 g/mol. The van der Waals surface area contributed by atoms with Gasteiger partial charge in [0, 0.05) is 0 Å². The van der Waals surface area contributed by atoms with E-state index in [1.54, 1.807) is 0 Å². The zero-order valence-corrected chi connectivity index (χ0v) is 5.75. The summed E-state index contributed by atoms with van der Waals surface area (Å²) in [6, 6.07) is 0. The Bertz CT molecular complexity index is 194. The van der Waals surface area contributed by atoms with Gasteiger partial charge in [0.05, 0.1) is 0 Å². The van der Waals surface area contributed by atoms with Crippen LogP contribution in [0, 0.1) is 5.41 Å². The van der Waals surface area contributed by atoms with E-state index in [0.717, 1.165) is 0 Å². The molecule has 0 saturated carbocycles. The van der Waals surface area contributed by atoms with E-state index >= 15 is 0 Å². The van der Waals surface area contributed by atoms with E-state index in [2.05, 4.69) is 4.74 Å². The maximum Gasteiger partial charge on any atom is 0.321 e. The second kappa shape index (κ2) is 1.79. The molecule has 1 fully saturated rings. The lowest BCUT2D eigenvalue weighted by Gasteiger charge is -2.06. The fourth-order valence-electron chi connectivity index (χ4n) is 0.712. The predicted octanol–water partition coefficient (Wildman–Crippen LogP) is -0.543. The van der Waals surface area contributed by atoms with Crippen molar-refractivity contribution in [3.8, 4) is 0 Å². The Balaban J connectivity index is 2.96. The molecule has 0 aromatic heterocycles. The standard InChI is InChI=1S/C6H8O4/c1-6(2)3(7)4(8)10-5(6)9/h4,8H,1-2H3. The lowest BCUT2D eigenvalue weighted by molar-refractivity contribution is -0.159. The van der Waals surface area contributed by atoms with Gasteiger partial charge in [0.25, 0.3) is 6.29 Å². The van der Waals surface area contributed by atoms with Crippen molar-refractivity contribution in [1.82, 2.24) is 0 Å². The van der Waals surface area contributed by atoms with E-state index in [-0.39, 0.29) is 0 Å². The van der Waals surface area contributed by atoms with Crippen molar-refractivity contribution >= 4 is 11.8 Å². The third-order valence-corrected chi connectivity index (χ3v) is 1.57. The molecule has 1 N–H and O–H groups in total. The summed E-state index contributed by atoms with van der Waals surface area (Å²) in [7, 11) is 0. The molecule has 1 aliphatic rings. The van der Waals surface area contributed by atoms with E-state index in [9.17, 15) is 9.59 Å². The van der Waals surface area contributed by atoms with Gasteiger partial charge in [0.15, 0.2) is 0 Å². The second-order valence-electron chi connectivity index (χ2n) is 2.75. The molecule has 0 amide bonds. The number of rotatable bonds is 0. The number of esters is 1. The maximum absolute atomic E-state index is 10.8. The zero-order chi connectivity index (χ0) is 7.94. The number of cyclic esters (lactones) is 1. The average molecular weight is 144 g/mol. The number of ether oxygens (including phenoxy) is 1. The fraction of sp³-hybridized carbons (Fsp3) is 0.667. The summed E-state index contributed by atoms with van der Waals surface area (Å²) in [5.74, 6) is -1.23. The molecule has 56 valence electrons. The second-order valence-corrected chi connectivity index (χ2v) is 2.75. The first-order valence-electron chi connectivity index (χ1n) is 2.89. The minimum absolute atomic E-state index is 0.572. The predicted molar refractivity (Wildman–Crippen MR) is 30.9 cm³/mol. The van der Waals surface area contributed by atoms with Crippen LogP contribution in [0.25, 0.3) is 0 Å². The van der Waals surface area contributed by atoms with Crippen LogP contribution in [-0.4, -0.2) is 23.1 Å². The summed E-state index contributed by atoms with van der Waals surface area (Å²) in [6.07, 6.45) is -1.55. The van der Waals surface area contributed by atoms with Gasteiger partial charge in [0.2, 0.25) is 5.78 Å². The Morgan fingerprint density at radius 1 is 1.50 bits per heavy atom. The lowest BCUT2D eigenvalue weighted by Crippen LogP contribution is -2.28. The van der Waals surface area contributed by atoms with Crippen LogP contribution in [0.15, 0.2) is 0 Å². The Hall–Kier alpha value is -0.900. The van der Waals surface area contributed by atoms with Crippen molar-refractivity contribution in [2.45, 2.75) is 20.1 Å². The maximum atomic E-state index is 10.8. The van der Waals surface area contributed by atoms with Gasteiger partial charge < -0.3 is 9.84 Å². The summed E-state index contributed by atoms with van der Waals surface area (Å²) in [4.78, 5) is 21.6. The lowest BCUT2D eigenvalue weighted by atomic mass is 9.90. The highest BCUT2D eigenvalue weighted by Gasteiger charge is 2.49. The van der Waals surface area contributed by atoms with E-state index in [0.29, 0.717) is 0 Å². The van der Waals surface area contributed by atoms with Gasteiger partial charge in [-0.1, -0.05) is 0 Å². The first-order valence-corrected chi connectivity index (χ1v) is 2.89. The molecule has 0 radical (unpaired) electrons. The van der Waals surface area contributed by atoms with Crippen LogP contribution < -0.4 is 0 Å². The van der Waals surface area contributed by atoms with Crippen LogP contribution in [0.2, 0.25) is 0 Å². The number of hydrogen-bond acceptors (Lipinski definition) is 4. The van der Waals surface area contributed by atoms with Gasteiger partial charge >= 0.3 is 5.97 Å². The fourth-order valence-corrected chi connectivity index (χ4v) is 0.712. The van der Waals surface area contributed by atoms with Crippen LogP contribution in [0.4, 0.5) is 0 Å². The largest absolute Gasteiger partial charge is 0.427 e. The number of carbonyl (C=O) groups is 2. The number of ketones is 1. The summed E-state index contributed by atoms with van der Waals surface area (Å²) >= 11 is 0. The van der Waals surface area contributed by atoms with Crippen LogP contribution >= 0.6 is 0 Å². The van der Waals surface area contributed by atoms with Gasteiger partial charge in [-0.2, -0.15) is 0 Å². The van der Waals surface area contributed by atoms with E-state index in [1.165, 1.54) is 13.8 Å². The van der Waals surface area contributed by atoms with Gasteiger partial charge in [0.1, 0.15) is 5.41 Å². The van der Waals surface area contributed by atoms with Crippen molar-refractivity contribution in [2.24, 2.45) is 5.41 Å².